The number of carbonyl (C=O) groups is 1. The Morgan fingerprint density at radius 1 is 1.30 bits per heavy atom. The van der Waals surface area contributed by atoms with Gasteiger partial charge in [0.25, 0.3) is 0 Å². The van der Waals surface area contributed by atoms with Gasteiger partial charge >= 0.3 is 6.03 Å². The number of amides is 2. The monoisotopic (exact) mass is 321 g/mol. The fourth-order valence-electron chi connectivity index (χ4n) is 2.81. The summed E-state index contributed by atoms with van der Waals surface area (Å²) in [6, 6.07) is -0.339. The summed E-state index contributed by atoms with van der Waals surface area (Å²) in [4.78, 5) is 14.1. The van der Waals surface area contributed by atoms with Gasteiger partial charge in [0, 0.05) is 12.6 Å². The van der Waals surface area contributed by atoms with Gasteiger partial charge in [-0.05, 0) is 38.9 Å². The highest BCUT2D eigenvalue weighted by Crippen LogP contribution is 2.10. The second-order valence-electron chi connectivity index (χ2n) is 5.96. The fraction of sp³-hybridized carbons (Fsp3) is 0.688. The molecule has 0 bridgehead atoms. The smallest absolute Gasteiger partial charge is 0.335 e. The first-order chi connectivity index (χ1) is 11.3. The fourth-order valence-corrected chi connectivity index (χ4v) is 2.81. The number of urea groups is 1. The third-order valence-corrected chi connectivity index (χ3v) is 4.10. The van der Waals surface area contributed by atoms with Crippen LogP contribution in [0.2, 0.25) is 0 Å². The highest BCUT2D eigenvalue weighted by molar-refractivity contribution is 5.81. The Morgan fingerprint density at radius 2 is 2.04 bits per heavy atom. The lowest BCUT2D eigenvalue weighted by Crippen LogP contribution is -2.35. The number of hydrazone groups is 1. The van der Waals surface area contributed by atoms with Crippen molar-refractivity contribution in [3.63, 3.8) is 0 Å². The molecule has 7 nitrogen and oxygen atoms in total. The molecule has 1 fully saturated rings. The highest BCUT2D eigenvalue weighted by atomic mass is 16.5. The first kappa shape index (κ1) is 17.5. The number of nitrogens with zero attached hydrogens (tertiary/aromatic N) is 3. The Labute approximate surface area is 137 Å². The van der Waals surface area contributed by atoms with Crippen molar-refractivity contribution >= 4 is 18.5 Å². The van der Waals surface area contributed by atoms with Crippen LogP contribution in [0.5, 0.6) is 0 Å². The molecule has 1 saturated heterocycles. The molecule has 7 heteroatoms. The molecule has 2 amide bonds. The molecule has 23 heavy (non-hydrogen) atoms. The minimum atomic E-state index is -0.339. The van der Waals surface area contributed by atoms with Crippen LogP contribution in [0.4, 0.5) is 4.79 Å². The second-order valence-corrected chi connectivity index (χ2v) is 5.96. The molecule has 0 radical (unpaired) electrons. The minimum Gasteiger partial charge on any atom is -0.618 e. The van der Waals surface area contributed by atoms with Crippen molar-refractivity contribution in [3.05, 3.63) is 17.0 Å². The van der Waals surface area contributed by atoms with E-state index in [1.165, 1.54) is 57.6 Å². The number of hydrogen-bond acceptors (Lipinski definition) is 4. The number of likely N-dealkylation sites (tertiary alicyclic amines) is 1. The number of hydrogen-bond donors (Lipinski definition) is 2. The maximum absolute atomic E-state index is 11.6. The Kier molecular flexibility index (Phi) is 7.59. The first-order valence-corrected chi connectivity index (χ1v) is 8.55. The van der Waals surface area contributed by atoms with Gasteiger partial charge in [-0.25, -0.2) is 10.2 Å². The molecular weight excluding hydrogens is 294 g/mol. The molecule has 2 aliphatic heterocycles. The summed E-state index contributed by atoms with van der Waals surface area (Å²) in [7, 11) is 0. The van der Waals surface area contributed by atoms with E-state index in [0.29, 0.717) is 18.7 Å². The number of allylic oxidation sites excluding steroid dienone is 2. The maximum atomic E-state index is 11.6. The van der Waals surface area contributed by atoms with Crippen LogP contribution in [-0.2, 0) is 0 Å². The molecule has 128 valence electrons. The molecule has 0 aromatic rings. The molecule has 2 aliphatic rings. The average molecular weight is 321 g/mol. The van der Waals surface area contributed by atoms with Crippen LogP contribution in [0.1, 0.15) is 44.9 Å². The normalized spacial score (nSPS) is 19.8. The van der Waals surface area contributed by atoms with Crippen LogP contribution >= 0.6 is 0 Å². The van der Waals surface area contributed by atoms with Gasteiger partial charge in [0.15, 0.2) is 6.21 Å². The molecule has 0 aromatic carbocycles. The van der Waals surface area contributed by atoms with Gasteiger partial charge in [-0.1, -0.05) is 19.3 Å². The summed E-state index contributed by atoms with van der Waals surface area (Å²) >= 11 is 0. The van der Waals surface area contributed by atoms with E-state index >= 15 is 0 Å². The van der Waals surface area contributed by atoms with Crippen LogP contribution < -0.4 is 10.7 Å². The molecular formula is C16H27N5O2. The van der Waals surface area contributed by atoms with Crippen molar-refractivity contribution in [3.8, 4) is 0 Å². The minimum absolute atomic E-state index is 0.339. The predicted octanol–water partition coefficient (Wildman–Crippen LogP) is 1.80. The summed E-state index contributed by atoms with van der Waals surface area (Å²) in [5, 5.41) is 17.8. The summed E-state index contributed by atoms with van der Waals surface area (Å²) < 4.78 is 0.743. The van der Waals surface area contributed by atoms with E-state index in [9.17, 15) is 10.0 Å². The third-order valence-electron chi connectivity index (χ3n) is 4.10. The van der Waals surface area contributed by atoms with Gasteiger partial charge < -0.3 is 15.4 Å². The lowest BCUT2D eigenvalue weighted by molar-refractivity contribution is -0.381. The Bertz CT molecular complexity index is 465. The molecule has 0 atom stereocenters. The van der Waals surface area contributed by atoms with Crippen molar-refractivity contribution in [2.75, 3.05) is 26.2 Å². The van der Waals surface area contributed by atoms with Gasteiger partial charge in [0.2, 0.25) is 5.70 Å². The maximum Gasteiger partial charge on any atom is 0.335 e. The summed E-state index contributed by atoms with van der Waals surface area (Å²) in [6.45, 7) is 4.00. The lowest BCUT2D eigenvalue weighted by atomic mass is 10.1. The zero-order valence-electron chi connectivity index (χ0n) is 13.7. The van der Waals surface area contributed by atoms with Crippen LogP contribution in [0.15, 0.2) is 16.9 Å². The van der Waals surface area contributed by atoms with E-state index in [2.05, 4.69) is 20.7 Å². The first-order valence-electron chi connectivity index (χ1n) is 8.55. The van der Waals surface area contributed by atoms with Crippen molar-refractivity contribution in [1.29, 1.82) is 0 Å². The average Bonchev–Trinajstić information content (AvgIpc) is 2.91. The van der Waals surface area contributed by atoms with Gasteiger partial charge in [0.05, 0.1) is 6.42 Å². The van der Waals surface area contributed by atoms with E-state index in [1.54, 1.807) is 6.08 Å². The largest absolute Gasteiger partial charge is 0.618 e. The second kappa shape index (κ2) is 9.99. The van der Waals surface area contributed by atoms with Crippen molar-refractivity contribution < 1.29 is 9.53 Å². The van der Waals surface area contributed by atoms with Gasteiger partial charge in [-0.2, -0.15) is 9.84 Å². The summed E-state index contributed by atoms with van der Waals surface area (Å²) in [6.07, 6.45) is 12.8. The van der Waals surface area contributed by atoms with E-state index in [0.717, 1.165) is 17.7 Å². The van der Waals surface area contributed by atoms with E-state index < -0.39 is 0 Å². The van der Waals surface area contributed by atoms with Crippen molar-refractivity contribution in [2.45, 2.75) is 44.9 Å². The highest BCUT2D eigenvalue weighted by Gasteiger charge is 2.09. The quantitative estimate of drug-likeness (QED) is 0.257. The molecule has 0 spiro atoms. The van der Waals surface area contributed by atoms with Crippen LogP contribution in [-0.4, -0.2) is 54.3 Å². The molecule has 2 rings (SSSR count). The zero-order valence-corrected chi connectivity index (χ0v) is 13.7. The molecule has 0 unspecified atom stereocenters. The van der Waals surface area contributed by atoms with Crippen molar-refractivity contribution in [2.24, 2.45) is 5.10 Å². The standard InChI is InChI=1S/C16H27N5O2/c22-16(19-18-14-15-8-6-13-21(15)23)17-9-7-12-20-10-4-2-1-3-5-11-20/h8,13-14H,1-7,9-12H2,(H2,17,19,22)/b18-14+. The van der Waals surface area contributed by atoms with Gasteiger partial charge in [-0.3, -0.25) is 0 Å². The lowest BCUT2D eigenvalue weighted by Gasteiger charge is -2.24. The van der Waals surface area contributed by atoms with Gasteiger partial charge in [-0.15, -0.1) is 0 Å². The SMILES string of the molecule is O=C(NCCCN1CCCCCCC1)N/N=C/C1=CCC=[N+]1[O-]. The number of hydroxylamine groups is 1. The summed E-state index contributed by atoms with van der Waals surface area (Å²) in [5.41, 5.74) is 2.82. The molecule has 2 N–H and O–H groups in total. The molecule has 0 saturated carbocycles. The summed E-state index contributed by atoms with van der Waals surface area (Å²) in [5.74, 6) is 0. The van der Waals surface area contributed by atoms with E-state index in [1.807, 2.05) is 0 Å². The Hall–Kier alpha value is -1.89. The predicted molar refractivity (Wildman–Crippen MR) is 91.6 cm³/mol. The van der Waals surface area contributed by atoms with Crippen molar-refractivity contribution in [1.82, 2.24) is 15.6 Å². The van der Waals surface area contributed by atoms with Crippen LogP contribution in [0.3, 0.4) is 0 Å². The number of carbonyl (C=O) groups excluding carboxylic acids is 1. The zero-order chi connectivity index (χ0) is 16.3. The molecule has 0 aromatic heterocycles. The van der Waals surface area contributed by atoms with Crippen LogP contribution in [0.25, 0.3) is 0 Å². The van der Waals surface area contributed by atoms with E-state index in [-0.39, 0.29) is 6.03 Å². The van der Waals surface area contributed by atoms with E-state index in [4.69, 9.17) is 0 Å². The number of rotatable bonds is 6. The molecule has 2 heterocycles. The topological polar surface area (TPSA) is 82.8 Å². The molecule has 0 aliphatic carbocycles. The number of nitrogens with one attached hydrogen (secondary N) is 2. The Balaban J connectivity index is 1.54. The van der Waals surface area contributed by atoms with Crippen LogP contribution in [0, 0.1) is 5.21 Å². The Morgan fingerprint density at radius 3 is 2.74 bits per heavy atom. The third kappa shape index (κ3) is 6.81. The van der Waals surface area contributed by atoms with Gasteiger partial charge in [0.1, 0.15) is 6.21 Å².